The molecule has 0 aliphatic carbocycles. The van der Waals surface area contributed by atoms with E-state index in [2.05, 4.69) is 20.8 Å². The van der Waals surface area contributed by atoms with Gasteiger partial charge in [0.2, 0.25) is 5.91 Å². The van der Waals surface area contributed by atoms with Crippen LogP contribution < -0.4 is 10.1 Å². The first-order valence-corrected chi connectivity index (χ1v) is 8.58. The van der Waals surface area contributed by atoms with Gasteiger partial charge in [-0.1, -0.05) is 29.3 Å². The molecular formula is C17H15Cl2N5O2. The fourth-order valence-electron chi connectivity index (χ4n) is 2.24. The molecule has 3 rings (SSSR count). The van der Waals surface area contributed by atoms with Gasteiger partial charge in [0.05, 0.1) is 17.3 Å². The summed E-state index contributed by atoms with van der Waals surface area (Å²) in [6, 6.07) is 12.3. The zero-order valence-corrected chi connectivity index (χ0v) is 15.1. The maximum atomic E-state index is 12.1. The van der Waals surface area contributed by atoms with Gasteiger partial charge in [0, 0.05) is 17.1 Å². The molecule has 0 radical (unpaired) electrons. The van der Waals surface area contributed by atoms with Crippen molar-refractivity contribution >= 4 is 34.8 Å². The Morgan fingerprint density at radius 2 is 2.08 bits per heavy atom. The fraction of sp³-hybridized carbons (Fsp3) is 0.176. The third-order valence-corrected chi connectivity index (χ3v) is 3.97. The summed E-state index contributed by atoms with van der Waals surface area (Å²) in [4.78, 5) is 12.1. The van der Waals surface area contributed by atoms with Crippen LogP contribution >= 0.6 is 23.2 Å². The van der Waals surface area contributed by atoms with Crippen LogP contribution in [0.3, 0.4) is 0 Å². The van der Waals surface area contributed by atoms with Gasteiger partial charge < -0.3 is 10.1 Å². The highest BCUT2D eigenvalue weighted by Gasteiger charge is 2.06. The molecule has 0 saturated heterocycles. The molecule has 0 fully saturated rings. The summed E-state index contributed by atoms with van der Waals surface area (Å²) in [5, 5.41) is 14.8. The van der Waals surface area contributed by atoms with E-state index in [9.17, 15) is 4.79 Å². The van der Waals surface area contributed by atoms with Crippen molar-refractivity contribution in [3.05, 3.63) is 58.8 Å². The number of anilines is 1. The Hall–Kier alpha value is -2.64. The van der Waals surface area contributed by atoms with E-state index in [-0.39, 0.29) is 5.91 Å². The van der Waals surface area contributed by atoms with E-state index >= 15 is 0 Å². The van der Waals surface area contributed by atoms with Gasteiger partial charge in [0.1, 0.15) is 12.1 Å². The van der Waals surface area contributed by atoms with E-state index < -0.39 is 0 Å². The molecule has 1 heterocycles. The Morgan fingerprint density at radius 3 is 2.85 bits per heavy atom. The van der Waals surface area contributed by atoms with Gasteiger partial charge in [-0.15, -0.1) is 5.10 Å². The Balaban J connectivity index is 1.46. The van der Waals surface area contributed by atoms with E-state index in [1.807, 2.05) is 12.1 Å². The van der Waals surface area contributed by atoms with E-state index in [0.29, 0.717) is 40.9 Å². The maximum absolute atomic E-state index is 12.1. The second-order valence-corrected chi connectivity index (χ2v) is 6.22. The highest BCUT2D eigenvalue weighted by Crippen LogP contribution is 2.27. The number of ether oxygens (including phenoxy) is 1. The maximum Gasteiger partial charge on any atom is 0.224 e. The van der Waals surface area contributed by atoms with Crippen molar-refractivity contribution in [1.82, 2.24) is 20.2 Å². The predicted molar refractivity (Wildman–Crippen MR) is 99.0 cm³/mol. The van der Waals surface area contributed by atoms with Crippen molar-refractivity contribution in [3.63, 3.8) is 0 Å². The quantitative estimate of drug-likeness (QED) is 0.619. The van der Waals surface area contributed by atoms with Crippen molar-refractivity contribution in [2.24, 2.45) is 0 Å². The van der Waals surface area contributed by atoms with Crippen LogP contribution in [-0.4, -0.2) is 32.7 Å². The van der Waals surface area contributed by atoms with Gasteiger partial charge in [-0.05, 0) is 53.2 Å². The number of nitrogens with zero attached hydrogens (tertiary/aromatic N) is 4. The summed E-state index contributed by atoms with van der Waals surface area (Å²) in [5.41, 5.74) is 1.43. The Kier molecular flexibility index (Phi) is 6.04. The number of hydrogen-bond acceptors (Lipinski definition) is 5. The molecule has 0 spiro atoms. The van der Waals surface area contributed by atoms with Gasteiger partial charge in [-0.3, -0.25) is 4.79 Å². The topological polar surface area (TPSA) is 81.9 Å². The summed E-state index contributed by atoms with van der Waals surface area (Å²) in [5.74, 6) is 0.440. The largest absolute Gasteiger partial charge is 0.492 e. The Labute approximate surface area is 159 Å². The SMILES string of the molecule is O=C(CCCOc1ccc(Cl)cc1Cl)Nc1cccc(-n2cnnn2)c1. The molecule has 0 unspecified atom stereocenters. The first-order chi connectivity index (χ1) is 12.6. The molecule has 0 aliphatic heterocycles. The highest BCUT2D eigenvalue weighted by molar-refractivity contribution is 6.35. The number of amides is 1. The van der Waals surface area contributed by atoms with Crippen LogP contribution in [0.25, 0.3) is 5.69 Å². The number of carbonyl (C=O) groups is 1. The first-order valence-electron chi connectivity index (χ1n) is 7.83. The number of rotatable bonds is 7. The van der Waals surface area contributed by atoms with E-state index in [1.165, 1.54) is 11.0 Å². The van der Waals surface area contributed by atoms with Crippen LogP contribution in [-0.2, 0) is 4.79 Å². The van der Waals surface area contributed by atoms with Crippen LogP contribution in [0, 0.1) is 0 Å². The molecule has 26 heavy (non-hydrogen) atoms. The molecular weight excluding hydrogens is 377 g/mol. The molecule has 1 amide bonds. The van der Waals surface area contributed by atoms with Crippen molar-refractivity contribution in [3.8, 4) is 11.4 Å². The molecule has 0 atom stereocenters. The molecule has 9 heteroatoms. The van der Waals surface area contributed by atoms with Crippen molar-refractivity contribution in [2.45, 2.75) is 12.8 Å². The molecule has 134 valence electrons. The Bertz CT molecular complexity index is 887. The van der Waals surface area contributed by atoms with Crippen LogP contribution in [0.4, 0.5) is 5.69 Å². The van der Waals surface area contributed by atoms with Crippen LogP contribution in [0.1, 0.15) is 12.8 Å². The number of hydrogen-bond donors (Lipinski definition) is 1. The summed E-state index contributed by atoms with van der Waals surface area (Å²) in [6.45, 7) is 0.374. The molecule has 0 bridgehead atoms. The van der Waals surface area contributed by atoms with Gasteiger partial charge in [0.15, 0.2) is 0 Å². The number of tetrazole rings is 1. The average molecular weight is 392 g/mol. The lowest BCUT2D eigenvalue weighted by Gasteiger charge is -2.09. The molecule has 0 aliphatic rings. The van der Waals surface area contributed by atoms with Crippen molar-refractivity contribution < 1.29 is 9.53 Å². The summed E-state index contributed by atoms with van der Waals surface area (Å²) < 4.78 is 7.08. The molecule has 7 nitrogen and oxygen atoms in total. The molecule has 1 aromatic heterocycles. The first kappa shape index (κ1) is 18.2. The zero-order valence-electron chi connectivity index (χ0n) is 13.6. The lowest BCUT2D eigenvalue weighted by Crippen LogP contribution is -2.13. The van der Waals surface area contributed by atoms with Gasteiger partial charge in [-0.25, -0.2) is 4.68 Å². The normalized spacial score (nSPS) is 10.5. The molecule has 2 aromatic carbocycles. The number of aromatic nitrogens is 4. The number of nitrogens with one attached hydrogen (secondary N) is 1. The number of benzene rings is 2. The smallest absolute Gasteiger partial charge is 0.224 e. The van der Waals surface area contributed by atoms with Crippen molar-refractivity contribution in [2.75, 3.05) is 11.9 Å². The summed E-state index contributed by atoms with van der Waals surface area (Å²) in [6.07, 6.45) is 2.36. The molecule has 3 aromatic rings. The third-order valence-electron chi connectivity index (χ3n) is 3.44. The van der Waals surface area contributed by atoms with Gasteiger partial charge >= 0.3 is 0 Å². The minimum Gasteiger partial charge on any atom is -0.492 e. The lowest BCUT2D eigenvalue weighted by molar-refractivity contribution is -0.116. The highest BCUT2D eigenvalue weighted by atomic mass is 35.5. The second kappa shape index (κ2) is 8.64. The monoisotopic (exact) mass is 391 g/mol. The van der Waals surface area contributed by atoms with Crippen LogP contribution in [0.5, 0.6) is 5.75 Å². The lowest BCUT2D eigenvalue weighted by atomic mass is 10.2. The van der Waals surface area contributed by atoms with Gasteiger partial charge in [0.25, 0.3) is 0 Å². The van der Waals surface area contributed by atoms with E-state index in [4.69, 9.17) is 27.9 Å². The predicted octanol–water partition coefficient (Wildman–Crippen LogP) is 3.77. The minimum absolute atomic E-state index is 0.107. The molecule has 0 saturated carbocycles. The van der Waals surface area contributed by atoms with Crippen LogP contribution in [0.2, 0.25) is 10.0 Å². The summed E-state index contributed by atoms with van der Waals surface area (Å²) in [7, 11) is 0. The Morgan fingerprint density at radius 1 is 1.19 bits per heavy atom. The second-order valence-electron chi connectivity index (χ2n) is 5.38. The van der Waals surface area contributed by atoms with E-state index in [1.54, 1.807) is 30.3 Å². The summed E-state index contributed by atoms with van der Waals surface area (Å²) >= 11 is 11.9. The zero-order chi connectivity index (χ0) is 18.4. The standard InChI is InChI=1S/C17H15Cl2N5O2/c18-12-6-7-16(15(19)9-12)26-8-2-5-17(25)21-13-3-1-4-14(10-13)24-11-20-22-23-24/h1,3-4,6-7,9-11H,2,5,8H2,(H,21,25). The third kappa shape index (κ3) is 4.93. The van der Waals surface area contributed by atoms with E-state index in [0.717, 1.165) is 5.69 Å². The molecule has 1 N–H and O–H groups in total. The fourth-order valence-corrected chi connectivity index (χ4v) is 2.70. The van der Waals surface area contributed by atoms with Crippen molar-refractivity contribution in [1.29, 1.82) is 0 Å². The number of carbonyl (C=O) groups excluding carboxylic acids is 1. The minimum atomic E-state index is -0.107. The van der Waals surface area contributed by atoms with Gasteiger partial charge in [-0.2, -0.15) is 0 Å². The average Bonchev–Trinajstić information content (AvgIpc) is 3.15. The number of halogens is 2. The van der Waals surface area contributed by atoms with Crippen LogP contribution in [0.15, 0.2) is 48.8 Å².